The Morgan fingerprint density at radius 3 is 2.86 bits per heavy atom. The summed E-state index contributed by atoms with van der Waals surface area (Å²) in [5, 5.41) is 2.26. The zero-order valence-electron chi connectivity index (χ0n) is 7.51. The topological polar surface area (TPSA) is 0 Å². The molecule has 14 heavy (non-hydrogen) atoms. The second-order valence-corrected chi connectivity index (χ2v) is 6.45. The molecule has 0 aliphatic carbocycles. The minimum atomic E-state index is 0.898. The summed E-state index contributed by atoms with van der Waals surface area (Å²) < 4.78 is 3.93. The number of hydrogen-bond donors (Lipinski definition) is 0. The highest BCUT2D eigenvalue weighted by Gasteiger charge is 2.07. The molecule has 1 aromatic heterocycles. The molecule has 0 saturated carbocycles. The van der Waals surface area contributed by atoms with Gasteiger partial charge in [-0.1, -0.05) is 31.9 Å². The Bertz CT molecular complexity index is 462. The number of thioether (sulfide) groups is 1. The molecule has 0 unspecified atom stereocenters. The lowest BCUT2D eigenvalue weighted by atomic mass is 10.2. The molecule has 0 amide bonds. The third-order valence-electron chi connectivity index (χ3n) is 2.07. The van der Waals surface area contributed by atoms with E-state index in [0.717, 1.165) is 5.33 Å². The van der Waals surface area contributed by atoms with Gasteiger partial charge in [0.15, 0.2) is 0 Å². The van der Waals surface area contributed by atoms with Crippen LogP contribution in [-0.2, 0) is 5.33 Å². The lowest BCUT2D eigenvalue weighted by Crippen LogP contribution is -1.79. The summed E-state index contributed by atoms with van der Waals surface area (Å²) in [6.07, 6.45) is 2.12. The fraction of sp³-hybridized carbons (Fsp3) is 0.200. The van der Waals surface area contributed by atoms with E-state index < -0.39 is 0 Å². The molecule has 0 bridgehead atoms. The first-order chi connectivity index (χ1) is 6.76. The van der Waals surface area contributed by atoms with Crippen LogP contribution in [0.4, 0.5) is 0 Å². The Hall–Kier alpha value is 0.490. The van der Waals surface area contributed by atoms with Gasteiger partial charge in [-0.2, -0.15) is 0 Å². The zero-order chi connectivity index (χ0) is 10.1. The van der Waals surface area contributed by atoms with Crippen LogP contribution in [0.3, 0.4) is 0 Å². The van der Waals surface area contributed by atoms with Gasteiger partial charge in [0, 0.05) is 14.5 Å². The fourth-order valence-corrected chi connectivity index (χ4v) is 4.48. The molecular formula is C10H8Br2S2. The maximum Gasteiger partial charge on any atom is 0.0608 e. The SMILES string of the molecule is CSc1cc2c(CBr)c(Br)ccc2s1. The van der Waals surface area contributed by atoms with E-state index in [4.69, 9.17) is 0 Å². The second kappa shape index (κ2) is 4.56. The van der Waals surface area contributed by atoms with Gasteiger partial charge in [-0.3, -0.25) is 0 Å². The van der Waals surface area contributed by atoms with E-state index in [0.29, 0.717) is 0 Å². The van der Waals surface area contributed by atoms with E-state index >= 15 is 0 Å². The van der Waals surface area contributed by atoms with Gasteiger partial charge in [-0.15, -0.1) is 23.1 Å². The molecule has 0 aliphatic rings. The van der Waals surface area contributed by atoms with E-state index in [1.807, 2.05) is 23.1 Å². The monoisotopic (exact) mass is 350 g/mol. The van der Waals surface area contributed by atoms with Gasteiger partial charge < -0.3 is 0 Å². The van der Waals surface area contributed by atoms with Crippen molar-refractivity contribution in [2.45, 2.75) is 9.54 Å². The quantitative estimate of drug-likeness (QED) is 0.523. The standard InChI is InChI=1S/C10H8Br2S2/c1-13-10-4-6-7(5-11)8(12)2-3-9(6)14-10/h2-4H,5H2,1H3. The highest BCUT2D eigenvalue weighted by atomic mass is 79.9. The van der Waals surface area contributed by atoms with Crippen molar-refractivity contribution in [3.8, 4) is 0 Å². The maximum atomic E-state index is 3.58. The van der Waals surface area contributed by atoms with Crippen molar-refractivity contribution in [1.29, 1.82) is 0 Å². The van der Waals surface area contributed by atoms with E-state index in [-0.39, 0.29) is 0 Å². The van der Waals surface area contributed by atoms with Crippen LogP contribution in [0.15, 0.2) is 26.9 Å². The molecule has 74 valence electrons. The van der Waals surface area contributed by atoms with Crippen molar-refractivity contribution in [1.82, 2.24) is 0 Å². The Kier molecular flexibility index (Phi) is 3.58. The van der Waals surface area contributed by atoms with Crippen LogP contribution in [-0.4, -0.2) is 6.26 Å². The number of thiophene rings is 1. The van der Waals surface area contributed by atoms with E-state index in [1.54, 1.807) is 0 Å². The molecule has 1 heterocycles. The predicted octanol–water partition coefficient (Wildman–Crippen LogP) is 5.28. The summed E-state index contributed by atoms with van der Waals surface area (Å²) in [5.74, 6) is 0. The summed E-state index contributed by atoms with van der Waals surface area (Å²) in [5.41, 5.74) is 1.35. The van der Waals surface area contributed by atoms with Gasteiger partial charge in [0.1, 0.15) is 0 Å². The molecule has 0 nitrogen and oxygen atoms in total. The Morgan fingerprint density at radius 1 is 1.43 bits per heavy atom. The minimum absolute atomic E-state index is 0.898. The summed E-state index contributed by atoms with van der Waals surface area (Å²) in [6, 6.07) is 6.57. The first-order valence-electron chi connectivity index (χ1n) is 4.07. The van der Waals surface area contributed by atoms with Crippen LogP contribution >= 0.6 is 55.0 Å². The molecular weight excluding hydrogens is 344 g/mol. The third kappa shape index (κ3) is 1.90. The summed E-state index contributed by atoms with van der Waals surface area (Å²) >= 11 is 10.8. The maximum absolute atomic E-state index is 3.58. The molecule has 4 heteroatoms. The van der Waals surface area contributed by atoms with Gasteiger partial charge in [0.25, 0.3) is 0 Å². The smallest absolute Gasteiger partial charge is 0.0608 e. The highest BCUT2D eigenvalue weighted by Crippen LogP contribution is 2.37. The first-order valence-corrected chi connectivity index (χ1v) is 8.02. The van der Waals surface area contributed by atoms with Crippen molar-refractivity contribution in [2.24, 2.45) is 0 Å². The molecule has 0 fully saturated rings. The van der Waals surface area contributed by atoms with Crippen LogP contribution in [0.1, 0.15) is 5.56 Å². The number of alkyl halides is 1. The van der Waals surface area contributed by atoms with Gasteiger partial charge in [0.05, 0.1) is 4.21 Å². The van der Waals surface area contributed by atoms with Crippen molar-refractivity contribution >= 4 is 65.0 Å². The molecule has 0 N–H and O–H groups in total. The number of rotatable bonds is 2. The summed E-state index contributed by atoms with van der Waals surface area (Å²) in [6.45, 7) is 0. The number of hydrogen-bond acceptors (Lipinski definition) is 2. The largest absolute Gasteiger partial charge is 0.129 e. The van der Waals surface area contributed by atoms with Gasteiger partial charge >= 0.3 is 0 Å². The van der Waals surface area contributed by atoms with Crippen LogP contribution in [0.2, 0.25) is 0 Å². The molecule has 0 saturated heterocycles. The zero-order valence-corrected chi connectivity index (χ0v) is 12.3. The van der Waals surface area contributed by atoms with Crippen LogP contribution < -0.4 is 0 Å². The van der Waals surface area contributed by atoms with Crippen LogP contribution in [0.5, 0.6) is 0 Å². The fourth-order valence-electron chi connectivity index (χ4n) is 1.36. The van der Waals surface area contributed by atoms with E-state index in [1.165, 1.54) is 24.3 Å². The lowest BCUT2D eigenvalue weighted by Gasteiger charge is -2.01. The first kappa shape index (κ1) is 11.0. The Morgan fingerprint density at radius 2 is 2.21 bits per heavy atom. The van der Waals surface area contributed by atoms with E-state index in [2.05, 4.69) is 56.3 Å². The summed E-state index contributed by atoms with van der Waals surface area (Å²) in [4.78, 5) is 0. The van der Waals surface area contributed by atoms with E-state index in [9.17, 15) is 0 Å². The van der Waals surface area contributed by atoms with Gasteiger partial charge in [-0.25, -0.2) is 0 Å². The Balaban J connectivity index is 2.73. The molecule has 2 rings (SSSR count). The molecule has 0 radical (unpaired) electrons. The van der Waals surface area contributed by atoms with Crippen molar-refractivity contribution < 1.29 is 0 Å². The van der Waals surface area contributed by atoms with Gasteiger partial charge in [0.2, 0.25) is 0 Å². The number of fused-ring (bicyclic) bond motifs is 1. The average Bonchev–Trinajstić information content (AvgIpc) is 2.60. The predicted molar refractivity (Wildman–Crippen MR) is 73.9 cm³/mol. The average molecular weight is 352 g/mol. The highest BCUT2D eigenvalue weighted by molar-refractivity contribution is 9.10. The molecule has 0 spiro atoms. The molecule has 0 aliphatic heterocycles. The normalized spacial score (nSPS) is 11.1. The minimum Gasteiger partial charge on any atom is -0.129 e. The lowest BCUT2D eigenvalue weighted by molar-refractivity contribution is 1.46. The van der Waals surface area contributed by atoms with Crippen molar-refractivity contribution in [3.63, 3.8) is 0 Å². The van der Waals surface area contributed by atoms with Crippen molar-refractivity contribution in [2.75, 3.05) is 6.26 Å². The number of benzene rings is 1. The molecule has 0 atom stereocenters. The van der Waals surface area contributed by atoms with Gasteiger partial charge in [-0.05, 0) is 35.4 Å². The third-order valence-corrected chi connectivity index (χ3v) is 5.54. The molecule has 2 aromatic rings. The second-order valence-electron chi connectivity index (χ2n) is 2.84. The van der Waals surface area contributed by atoms with Crippen LogP contribution in [0.25, 0.3) is 10.1 Å². The van der Waals surface area contributed by atoms with Crippen molar-refractivity contribution in [3.05, 3.63) is 28.2 Å². The number of halogens is 2. The van der Waals surface area contributed by atoms with Crippen LogP contribution in [0, 0.1) is 0 Å². The summed E-state index contributed by atoms with van der Waals surface area (Å²) in [7, 11) is 0. The molecule has 1 aromatic carbocycles. The Labute approximate surface area is 108 Å².